The zero-order valence-electron chi connectivity index (χ0n) is 9.13. The molecule has 0 bridgehead atoms. The Hall–Kier alpha value is -0.780. The minimum atomic E-state index is -3.50. The summed E-state index contributed by atoms with van der Waals surface area (Å²) in [6.07, 6.45) is 0.982. The topological polar surface area (TPSA) is 52.6 Å². The van der Waals surface area contributed by atoms with E-state index in [4.69, 9.17) is 20.2 Å². The molecule has 0 amide bonds. The standard InChI is InChI=1S/C11H13ClO4S/c12-17(13,14)8-9-1-3-10(4-2-9)16-11-5-6-15-7-11/h1-4,11H,5-8H2. The van der Waals surface area contributed by atoms with Crippen LogP contribution in [-0.4, -0.2) is 27.7 Å². The van der Waals surface area contributed by atoms with E-state index in [1.54, 1.807) is 24.3 Å². The molecule has 4 nitrogen and oxygen atoms in total. The second-order valence-electron chi connectivity index (χ2n) is 3.93. The first kappa shape index (κ1) is 12.7. The molecular weight excluding hydrogens is 264 g/mol. The van der Waals surface area contributed by atoms with Crippen LogP contribution in [0.3, 0.4) is 0 Å². The summed E-state index contributed by atoms with van der Waals surface area (Å²) in [7, 11) is 1.67. The van der Waals surface area contributed by atoms with Crippen LogP contribution in [0.15, 0.2) is 24.3 Å². The predicted molar refractivity (Wildman–Crippen MR) is 64.8 cm³/mol. The van der Waals surface area contributed by atoms with E-state index in [1.807, 2.05) is 0 Å². The van der Waals surface area contributed by atoms with Crippen molar-refractivity contribution in [2.45, 2.75) is 18.3 Å². The normalized spacial score (nSPS) is 20.4. The maximum absolute atomic E-state index is 10.9. The van der Waals surface area contributed by atoms with Crippen molar-refractivity contribution >= 4 is 19.7 Å². The molecule has 1 saturated heterocycles. The molecule has 1 fully saturated rings. The minimum absolute atomic E-state index is 0.0950. The highest BCUT2D eigenvalue weighted by atomic mass is 35.7. The lowest BCUT2D eigenvalue weighted by Crippen LogP contribution is -2.15. The van der Waals surface area contributed by atoms with Gasteiger partial charge >= 0.3 is 0 Å². The van der Waals surface area contributed by atoms with Crippen molar-refractivity contribution in [3.8, 4) is 5.75 Å². The highest BCUT2D eigenvalue weighted by Gasteiger charge is 2.17. The predicted octanol–water partition coefficient (Wildman–Crippen LogP) is 1.92. The molecule has 0 spiro atoms. The fourth-order valence-corrected chi connectivity index (χ4v) is 2.63. The smallest absolute Gasteiger partial charge is 0.236 e. The van der Waals surface area contributed by atoms with Gasteiger partial charge in [0.25, 0.3) is 0 Å². The third-order valence-corrected chi connectivity index (χ3v) is 3.46. The molecule has 1 aliphatic rings. The number of ether oxygens (including phenoxy) is 2. The van der Waals surface area contributed by atoms with Crippen molar-refractivity contribution in [2.75, 3.05) is 13.2 Å². The first-order valence-corrected chi connectivity index (χ1v) is 7.76. The van der Waals surface area contributed by atoms with Gasteiger partial charge in [-0.1, -0.05) is 12.1 Å². The van der Waals surface area contributed by atoms with E-state index in [0.29, 0.717) is 12.2 Å². The molecule has 1 aromatic rings. The molecule has 0 radical (unpaired) electrons. The lowest BCUT2D eigenvalue weighted by molar-refractivity contribution is 0.141. The number of benzene rings is 1. The third kappa shape index (κ3) is 4.18. The Bertz CT molecular complexity index is 463. The van der Waals surface area contributed by atoms with Crippen LogP contribution in [0.5, 0.6) is 5.75 Å². The third-order valence-electron chi connectivity index (χ3n) is 2.45. The molecule has 94 valence electrons. The fraction of sp³-hybridized carbons (Fsp3) is 0.455. The fourth-order valence-electron chi connectivity index (χ4n) is 1.66. The summed E-state index contributed by atoms with van der Waals surface area (Å²) >= 11 is 0. The van der Waals surface area contributed by atoms with Gasteiger partial charge in [0.05, 0.1) is 19.0 Å². The monoisotopic (exact) mass is 276 g/mol. The molecule has 2 rings (SSSR count). The molecule has 1 unspecified atom stereocenters. The maximum atomic E-state index is 10.9. The van der Waals surface area contributed by atoms with Gasteiger partial charge in [-0.2, -0.15) is 0 Å². The van der Waals surface area contributed by atoms with Crippen molar-refractivity contribution in [1.82, 2.24) is 0 Å². The van der Waals surface area contributed by atoms with E-state index in [0.717, 1.165) is 18.8 Å². The SMILES string of the molecule is O=S(=O)(Cl)Cc1ccc(OC2CCOC2)cc1. The van der Waals surface area contributed by atoms with Gasteiger partial charge in [0, 0.05) is 17.1 Å². The van der Waals surface area contributed by atoms with Gasteiger partial charge in [0.15, 0.2) is 0 Å². The molecule has 0 saturated carbocycles. The summed E-state index contributed by atoms with van der Waals surface area (Å²) in [4.78, 5) is 0. The molecule has 1 heterocycles. The first-order chi connectivity index (χ1) is 8.03. The number of hydrogen-bond acceptors (Lipinski definition) is 4. The Labute approximate surface area is 105 Å². The van der Waals surface area contributed by atoms with Gasteiger partial charge in [0.1, 0.15) is 11.9 Å². The first-order valence-electron chi connectivity index (χ1n) is 5.28. The van der Waals surface area contributed by atoms with Crippen LogP contribution in [0, 0.1) is 0 Å². The average Bonchev–Trinajstić information content (AvgIpc) is 2.71. The van der Waals surface area contributed by atoms with E-state index in [9.17, 15) is 8.42 Å². The summed E-state index contributed by atoms with van der Waals surface area (Å²) < 4.78 is 32.6. The number of rotatable bonds is 4. The van der Waals surface area contributed by atoms with Crippen LogP contribution in [0.1, 0.15) is 12.0 Å². The van der Waals surface area contributed by atoms with E-state index in [1.165, 1.54) is 0 Å². The summed E-state index contributed by atoms with van der Waals surface area (Å²) in [5, 5.41) is 0. The van der Waals surface area contributed by atoms with Crippen molar-refractivity contribution in [2.24, 2.45) is 0 Å². The van der Waals surface area contributed by atoms with Crippen LogP contribution in [0.4, 0.5) is 0 Å². The molecule has 1 atom stereocenters. The molecule has 1 aromatic carbocycles. The van der Waals surface area contributed by atoms with E-state index in [2.05, 4.69) is 0 Å². The average molecular weight is 277 g/mol. The van der Waals surface area contributed by atoms with Gasteiger partial charge < -0.3 is 9.47 Å². The largest absolute Gasteiger partial charge is 0.488 e. The zero-order chi connectivity index (χ0) is 12.3. The number of hydrogen-bond donors (Lipinski definition) is 0. The van der Waals surface area contributed by atoms with Crippen LogP contribution in [0.2, 0.25) is 0 Å². The lowest BCUT2D eigenvalue weighted by Gasteiger charge is -2.11. The molecular formula is C11H13ClO4S. The molecule has 0 aliphatic carbocycles. The van der Waals surface area contributed by atoms with Gasteiger partial charge in [-0.15, -0.1) is 0 Å². The van der Waals surface area contributed by atoms with Gasteiger partial charge in [0.2, 0.25) is 9.05 Å². The highest BCUT2D eigenvalue weighted by Crippen LogP contribution is 2.19. The highest BCUT2D eigenvalue weighted by molar-refractivity contribution is 8.13. The zero-order valence-corrected chi connectivity index (χ0v) is 10.7. The molecule has 17 heavy (non-hydrogen) atoms. The second kappa shape index (κ2) is 5.25. The van der Waals surface area contributed by atoms with Crippen molar-refractivity contribution in [3.05, 3.63) is 29.8 Å². The summed E-state index contributed by atoms with van der Waals surface area (Å²) in [6.45, 7) is 1.34. The Kier molecular flexibility index (Phi) is 3.91. The molecule has 0 N–H and O–H groups in total. The lowest BCUT2D eigenvalue weighted by atomic mass is 10.2. The summed E-state index contributed by atoms with van der Waals surface area (Å²) in [5.41, 5.74) is 0.648. The molecule has 6 heteroatoms. The van der Waals surface area contributed by atoms with Crippen molar-refractivity contribution < 1.29 is 17.9 Å². The van der Waals surface area contributed by atoms with Gasteiger partial charge in [-0.3, -0.25) is 0 Å². The van der Waals surface area contributed by atoms with Crippen molar-refractivity contribution in [3.63, 3.8) is 0 Å². The van der Waals surface area contributed by atoms with E-state index in [-0.39, 0.29) is 11.9 Å². The molecule has 1 aliphatic heterocycles. The summed E-state index contributed by atoms with van der Waals surface area (Å²) in [5.74, 6) is 0.553. The molecule has 0 aromatic heterocycles. The Morgan fingerprint density at radius 1 is 1.35 bits per heavy atom. The van der Waals surface area contributed by atoms with Crippen LogP contribution in [0.25, 0.3) is 0 Å². The Morgan fingerprint density at radius 2 is 2.06 bits per heavy atom. The summed E-state index contributed by atoms with van der Waals surface area (Å²) in [6, 6.07) is 6.89. The van der Waals surface area contributed by atoms with Crippen LogP contribution >= 0.6 is 10.7 Å². The Morgan fingerprint density at radius 3 is 2.59 bits per heavy atom. The van der Waals surface area contributed by atoms with Gasteiger partial charge in [-0.25, -0.2) is 8.42 Å². The van der Waals surface area contributed by atoms with Crippen molar-refractivity contribution in [1.29, 1.82) is 0 Å². The van der Waals surface area contributed by atoms with Gasteiger partial charge in [-0.05, 0) is 17.7 Å². The minimum Gasteiger partial charge on any atom is -0.488 e. The quantitative estimate of drug-likeness (QED) is 0.789. The van der Waals surface area contributed by atoms with Crippen LogP contribution in [-0.2, 0) is 19.5 Å². The van der Waals surface area contributed by atoms with E-state index < -0.39 is 9.05 Å². The maximum Gasteiger partial charge on any atom is 0.236 e. The second-order valence-corrected chi connectivity index (χ2v) is 6.71. The van der Waals surface area contributed by atoms with E-state index >= 15 is 0 Å². The van der Waals surface area contributed by atoms with Crippen LogP contribution < -0.4 is 4.74 Å². The Balaban J connectivity index is 1.97. The number of halogens is 1.